The Morgan fingerprint density at radius 2 is 2.14 bits per heavy atom. The minimum absolute atomic E-state index is 1.05. The van der Waals surface area contributed by atoms with Crippen molar-refractivity contribution in [1.82, 2.24) is 9.66 Å². The smallest absolute Gasteiger partial charge is 0.128 e. The Morgan fingerprint density at radius 3 is 3.14 bits per heavy atom. The normalized spacial score (nSPS) is 16.0. The molecule has 0 amide bonds. The fourth-order valence-corrected chi connectivity index (χ4v) is 2.02. The molecule has 14 heavy (non-hydrogen) atoms. The van der Waals surface area contributed by atoms with E-state index in [9.17, 15) is 0 Å². The summed E-state index contributed by atoms with van der Waals surface area (Å²) in [7, 11) is 0. The van der Waals surface area contributed by atoms with Crippen LogP contribution in [0, 0.1) is 0 Å². The Balaban J connectivity index is 2.24. The number of hydrogen-bond donors (Lipinski definition) is 1. The van der Waals surface area contributed by atoms with E-state index in [2.05, 4.69) is 33.3 Å². The molecule has 0 spiro atoms. The Labute approximate surface area is 82.7 Å². The first-order chi connectivity index (χ1) is 6.95. The number of hydrogen-bond acceptors (Lipinski definition) is 2. The van der Waals surface area contributed by atoms with E-state index in [1.165, 1.54) is 24.2 Å². The molecule has 1 N–H and O–H groups in total. The maximum atomic E-state index is 4.61. The second-order valence-corrected chi connectivity index (χ2v) is 3.72. The number of benzene rings is 1. The van der Waals surface area contributed by atoms with Gasteiger partial charge in [-0.05, 0) is 25.0 Å². The van der Waals surface area contributed by atoms with Crippen molar-refractivity contribution in [1.29, 1.82) is 0 Å². The monoisotopic (exact) mass is 187 g/mol. The summed E-state index contributed by atoms with van der Waals surface area (Å²) in [4.78, 5) is 4.61. The second kappa shape index (κ2) is 3.01. The molecule has 0 radical (unpaired) electrons. The molecule has 0 saturated heterocycles. The van der Waals surface area contributed by atoms with Gasteiger partial charge >= 0.3 is 0 Å². The quantitative estimate of drug-likeness (QED) is 0.682. The van der Waals surface area contributed by atoms with Gasteiger partial charge in [0.15, 0.2) is 0 Å². The lowest BCUT2D eigenvalue weighted by Gasteiger charge is -2.06. The van der Waals surface area contributed by atoms with Crippen molar-refractivity contribution in [3.8, 4) is 0 Å². The number of fused-ring (bicyclic) bond motifs is 3. The molecule has 1 aromatic heterocycles. The molecular formula is C11H13N3. The van der Waals surface area contributed by atoms with E-state index < -0.39 is 0 Å². The molecule has 0 saturated carbocycles. The highest BCUT2D eigenvalue weighted by molar-refractivity contribution is 5.76. The average molecular weight is 187 g/mol. The largest absolute Gasteiger partial charge is 0.324 e. The van der Waals surface area contributed by atoms with Crippen molar-refractivity contribution in [2.45, 2.75) is 19.3 Å². The van der Waals surface area contributed by atoms with E-state index in [4.69, 9.17) is 0 Å². The molecule has 0 atom stereocenters. The topological polar surface area (TPSA) is 29.9 Å². The maximum absolute atomic E-state index is 4.61. The van der Waals surface area contributed by atoms with Crippen LogP contribution in [0.25, 0.3) is 11.0 Å². The zero-order valence-electron chi connectivity index (χ0n) is 8.03. The van der Waals surface area contributed by atoms with Gasteiger partial charge in [0, 0.05) is 13.0 Å². The molecular weight excluding hydrogens is 174 g/mol. The zero-order valence-corrected chi connectivity index (χ0v) is 8.03. The summed E-state index contributed by atoms with van der Waals surface area (Å²) >= 11 is 0. The first-order valence-electron chi connectivity index (χ1n) is 5.15. The summed E-state index contributed by atoms with van der Waals surface area (Å²) in [5, 5.41) is 0. The average Bonchev–Trinajstić information content (AvgIpc) is 2.42. The summed E-state index contributed by atoms with van der Waals surface area (Å²) in [5.41, 5.74) is 5.70. The van der Waals surface area contributed by atoms with Crippen molar-refractivity contribution in [2.24, 2.45) is 0 Å². The van der Waals surface area contributed by atoms with Crippen LogP contribution in [-0.2, 0) is 6.42 Å². The van der Waals surface area contributed by atoms with Crippen molar-refractivity contribution in [3.05, 3.63) is 30.1 Å². The van der Waals surface area contributed by atoms with Crippen LogP contribution in [0.3, 0.4) is 0 Å². The molecule has 2 aromatic rings. The van der Waals surface area contributed by atoms with Crippen LogP contribution in [0.4, 0.5) is 0 Å². The lowest BCUT2D eigenvalue weighted by atomic mass is 10.2. The summed E-state index contributed by atoms with van der Waals surface area (Å²) in [6.45, 7) is 1.05. The number of rotatable bonds is 0. The van der Waals surface area contributed by atoms with Crippen LogP contribution in [0.15, 0.2) is 24.3 Å². The fourth-order valence-electron chi connectivity index (χ4n) is 2.02. The molecule has 1 aliphatic rings. The van der Waals surface area contributed by atoms with Gasteiger partial charge in [-0.25, -0.2) is 9.66 Å². The highest BCUT2D eigenvalue weighted by Gasteiger charge is 2.11. The molecule has 3 rings (SSSR count). The van der Waals surface area contributed by atoms with Gasteiger partial charge in [0.25, 0.3) is 0 Å². The minimum atomic E-state index is 1.05. The zero-order chi connectivity index (χ0) is 9.38. The Kier molecular flexibility index (Phi) is 1.69. The number of imidazole rings is 1. The van der Waals surface area contributed by atoms with Crippen LogP contribution in [0.1, 0.15) is 18.7 Å². The van der Waals surface area contributed by atoms with Gasteiger partial charge < -0.3 is 5.43 Å². The van der Waals surface area contributed by atoms with Crippen molar-refractivity contribution in [2.75, 3.05) is 12.0 Å². The molecule has 0 fully saturated rings. The molecule has 0 aliphatic carbocycles. The van der Waals surface area contributed by atoms with Gasteiger partial charge in [-0.15, -0.1) is 0 Å². The standard InChI is InChI=1S/C11H13N3/c1-2-6-10-9(5-1)13-11-7-3-4-8-12-14(10)11/h1-2,5-6,12H,3-4,7-8H2. The second-order valence-electron chi connectivity index (χ2n) is 3.72. The van der Waals surface area contributed by atoms with E-state index in [-0.39, 0.29) is 0 Å². The first-order valence-corrected chi connectivity index (χ1v) is 5.15. The molecule has 0 bridgehead atoms. The van der Waals surface area contributed by atoms with Crippen LogP contribution < -0.4 is 5.43 Å². The highest BCUT2D eigenvalue weighted by Crippen LogP contribution is 2.17. The SMILES string of the molecule is c1ccc2c(c1)nc1n2NCCCC1. The third-order valence-corrected chi connectivity index (χ3v) is 2.73. The molecule has 3 heteroatoms. The number of nitrogens with zero attached hydrogens (tertiary/aromatic N) is 2. The van der Waals surface area contributed by atoms with Crippen LogP contribution in [0.5, 0.6) is 0 Å². The summed E-state index contributed by atoms with van der Waals surface area (Å²) in [6, 6.07) is 8.28. The first kappa shape index (κ1) is 7.85. The highest BCUT2D eigenvalue weighted by atomic mass is 15.4. The fraction of sp³-hybridized carbons (Fsp3) is 0.364. The van der Waals surface area contributed by atoms with Crippen molar-refractivity contribution < 1.29 is 0 Å². The van der Waals surface area contributed by atoms with E-state index in [0.29, 0.717) is 0 Å². The predicted molar refractivity (Wildman–Crippen MR) is 56.9 cm³/mol. The molecule has 72 valence electrons. The van der Waals surface area contributed by atoms with Gasteiger partial charge in [0.2, 0.25) is 0 Å². The summed E-state index contributed by atoms with van der Waals surface area (Å²) in [6.07, 6.45) is 3.55. The number of nitrogens with one attached hydrogen (secondary N) is 1. The van der Waals surface area contributed by atoms with Gasteiger partial charge in [0.05, 0.1) is 11.0 Å². The molecule has 2 heterocycles. The van der Waals surface area contributed by atoms with E-state index in [0.717, 1.165) is 18.5 Å². The van der Waals surface area contributed by atoms with E-state index >= 15 is 0 Å². The van der Waals surface area contributed by atoms with Crippen LogP contribution in [0.2, 0.25) is 0 Å². The Morgan fingerprint density at radius 1 is 1.21 bits per heavy atom. The molecule has 1 aromatic carbocycles. The van der Waals surface area contributed by atoms with Crippen LogP contribution >= 0.6 is 0 Å². The van der Waals surface area contributed by atoms with Crippen LogP contribution in [-0.4, -0.2) is 16.2 Å². The number of aromatic nitrogens is 2. The third-order valence-electron chi connectivity index (χ3n) is 2.73. The Bertz CT molecular complexity index is 459. The Hall–Kier alpha value is -1.51. The van der Waals surface area contributed by atoms with Crippen molar-refractivity contribution >= 4 is 11.0 Å². The van der Waals surface area contributed by atoms with Crippen molar-refractivity contribution in [3.63, 3.8) is 0 Å². The number of para-hydroxylation sites is 2. The maximum Gasteiger partial charge on any atom is 0.128 e. The van der Waals surface area contributed by atoms with E-state index in [1.54, 1.807) is 0 Å². The predicted octanol–water partition coefficient (Wildman–Crippen LogP) is 1.92. The van der Waals surface area contributed by atoms with E-state index in [1.807, 2.05) is 6.07 Å². The minimum Gasteiger partial charge on any atom is -0.324 e. The third kappa shape index (κ3) is 1.09. The molecule has 1 aliphatic heterocycles. The summed E-state index contributed by atoms with van der Waals surface area (Å²) in [5.74, 6) is 1.17. The number of aryl methyl sites for hydroxylation is 1. The molecule has 0 unspecified atom stereocenters. The lowest BCUT2D eigenvalue weighted by Crippen LogP contribution is -2.15. The lowest BCUT2D eigenvalue weighted by molar-refractivity contribution is 0.776. The summed E-state index contributed by atoms with van der Waals surface area (Å²) < 4.78 is 2.14. The van der Waals surface area contributed by atoms with Gasteiger partial charge in [0.1, 0.15) is 5.82 Å². The van der Waals surface area contributed by atoms with Gasteiger partial charge in [-0.3, -0.25) is 0 Å². The molecule has 3 nitrogen and oxygen atoms in total. The van der Waals surface area contributed by atoms with Gasteiger partial charge in [-0.1, -0.05) is 12.1 Å². The van der Waals surface area contributed by atoms with Gasteiger partial charge in [-0.2, -0.15) is 0 Å².